The Hall–Kier alpha value is -0.910. The van der Waals surface area contributed by atoms with Gasteiger partial charge in [0, 0.05) is 18.8 Å². The van der Waals surface area contributed by atoms with Crippen LogP contribution in [0.4, 0.5) is 4.79 Å². The Morgan fingerprint density at radius 2 is 2.05 bits per heavy atom. The highest BCUT2D eigenvalue weighted by molar-refractivity contribution is 7.80. The average molecular weight is 289 g/mol. The fourth-order valence-electron chi connectivity index (χ4n) is 1.93. The first-order valence-electron chi connectivity index (χ1n) is 6.59. The molecular formula is C13H23NO4S. The second kappa shape index (κ2) is 7.03. The molecule has 0 N–H and O–H groups in total. The van der Waals surface area contributed by atoms with Crippen LogP contribution in [0.5, 0.6) is 0 Å². The first kappa shape index (κ1) is 16.1. The number of piperidine rings is 1. The first-order chi connectivity index (χ1) is 8.83. The lowest BCUT2D eigenvalue weighted by molar-refractivity contribution is -0.149. The molecule has 5 nitrogen and oxygen atoms in total. The topological polar surface area (TPSA) is 55.8 Å². The van der Waals surface area contributed by atoms with Crippen LogP contribution in [0.25, 0.3) is 0 Å². The lowest BCUT2D eigenvalue weighted by atomic mass is 9.98. The lowest BCUT2D eigenvalue weighted by Gasteiger charge is -2.33. The maximum atomic E-state index is 11.9. The summed E-state index contributed by atoms with van der Waals surface area (Å²) in [6.07, 6.45) is 1.18. The molecule has 1 aliphatic heterocycles. The molecule has 0 spiro atoms. The molecule has 0 saturated carbocycles. The van der Waals surface area contributed by atoms with Crippen LogP contribution in [0, 0.1) is 5.92 Å². The Bertz CT molecular complexity index is 327. The maximum Gasteiger partial charge on any atom is 0.410 e. The van der Waals surface area contributed by atoms with Crippen molar-refractivity contribution in [2.24, 2.45) is 5.92 Å². The summed E-state index contributed by atoms with van der Waals surface area (Å²) in [6, 6.07) is 0. The summed E-state index contributed by atoms with van der Waals surface area (Å²) in [5.41, 5.74) is -0.517. The number of ether oxygens (including phenoxy) is 2. The van der Waals surface area contributed by atoms with Crippen LogP contribution in [0.15, 0.2) is 0 Å². The molecule has 19 heavy (non-hydrogen) atoms. The standard InChI is InChI=1S/C13H23NO4S/c1-13(2,3)18-12(16)14-6-4-5-10(9-14)11(15)17-7-8-19/h10,19H,4-9H2,1-3H3. The zero-order chi connectivity index (χ0) is 14.5. The van der Waals surface area contributed by atoms with Crippen LogP contribution in [0.3, 0.4) is 0 Å². The van der Waals surface area contributed by atoms with Gasteiger partial charge in [0.2, 0.25) is 0 Å². The van der Waals surface area contributed by atoms with E-state index >= 15 is 0 Å². The molecule has 1 heterocycles. The zero-order valence-corrected chi connectivity index (χ0v) is 12.7. The van der Waals surface area contributed by atoms with Crippen molar-refractivity contribution in [1.82, 2.24) is 4.90 Å². The van der Waals surface area contributed by atoms with Gasteiger partial charge in [-0.25, -0.2) is 4.79 Å². The van der Waals surface area contributed by atoms with Crippen LogP contribution in [-0.4, -0.2) is 48.0 Å². The molecule has 1 fully saturated rings. The normalized spacial score (nSPS) is 20.0. The second-order valence-electron chi connectivity index (χ2n) is 5.66. The van der Waals surface area contributed by atoms with Crippen molar-refractivity contribution in [3.05, 3.63) is 0 Å². The Morgan fingerprint density at radius 3 is 2.63 bits per heavy atom. The summed E-state index contributed by atoms with van der Waals surface area (Å²) in [7, 11) is 0. The van der Waals surface area contributed by atoms with Crippen LogP contribution in [0.2, 0.25) is 0 Å². The zero-order valence-electron chi connectivity index (χ0n) is 11.8. The molecule has 1 atom stereocenters. The number of nitrogens with zero attached hydrogens (tertiary/aromatic N) is 1. The minimum absolute atomic E-state index is 0.248. The average Bonchev–Trinajstić information content (AvgIpc) is 2.34. The van der Waals surface area contributed by atoms with E-state index < -0.39 is 5.60 Å². The maximum absolute atomic E-state index is 11.9. The highest BCUT2D eigenvalue weighted by Crippen LogP contribution is 2.20. The monoisotopic (exact) mass is 289 g/mol. The molecule has 1 saturated heterocycles. The molecule has 1 aliphatic rings. The van der Waals surface area contributed by atoms with E-state index in [1.165, 1.54) is 0 Å². The number of hydrogen-bond donors (Lipinski definition) is 1. The number of thiol groups is 1. The predicted molar refractivity (Wildman–Crippen MR) is 75.3 cm³/mol. The summed E-state index contributed by atoms with van der Waals surface area (Å²) in [5.74, 6) is 0.0114. The SMILES string of the molecule is CC(C)(C)OC(=O)N1CCCC(C(=O)OCCS)C1. The Labute approximate surface area is 120 Å². The molecule has 1 unspecified atom stereocenters. The van der Waals surface area contributed by atoms with Crippen molar-refractivity contribution in [1.29, 1.82) is 0 Å². The van der Waals surface area contributed by atoms with Crippen molar-refractivity contribution in [2.75, 3.05) is 25.4 Å². The molecule has 0 aromatic heterocycles. The Morgan fingerprint density at radius 1 is 1.37 bits per heavy atom. The van der Waals surface area contributed by atoms with E-state index in [0.29, 0.717) is 25.4 Å². The molecule has 0 radical (unpaired) electrons. The molecule has 0 bridgehead atoms. The summed E-state index contributed by atoms with van der Waals surface area (Å²) in [4.78, 5) is 25.3. The third-order valence-corrected chi connectivity index (χ3v) is 2.92. The third kappa shape index (κ3) is 5.72. The minimum Gasteiger partial charge on any atom is -0.465 e. The van der Waals surface area contributed by atoms with Crippen molar-refractivity contribution in [3.8, 4) is 0 Å². The molecule has 1 rings (SSSR count). The van der Waals surface area contributed by atoms with E-state index in [0.717, 1.165) is 12.8 Å². The van der Waals surface area contributed by atoms with Gasteiger partial charge in [-0.1, -0.05) is 0 Å². The molecule has 0 aliphatic carbocycles. The smallest absolute Gasteiger partial charge is 0.410 e. The van der Waals surface area contributed by atoms with Crippen molar-refractivity contribution in [2.45, 2.75) is 39.2 Å². The summed E-state index contributed by atoms with van der Waals surface area (Å²) in [5, 5.41) is 0. The molecule has 110 valence electrons. The van der Waals surface area contributed by atoms with Gasteiger partial charge in [-0.3, -0.25) is 4.79 Å². The second-order valence-corrected chi connectivity index (χ2v) is 6.10. The van der Waals surface area contributed by atoms with E-state index in [1.54, 1.807) is 4.90 Å². The van der Waals surface area contributed by atoms with E-state index in [9.17, 15) is 9.59 Å². The molecule has 6 heteroatoms. The highest BCUT2D eigenvalue weighted by Gasteiger charge is 2.31. The minimum atomic E-state index is -0.517. The van der Waals surface area contributed by atoms with E-state index in [1.807, 2.05) is 20.8 Å². The number of esters is 1. The van der Waals surface area contributed by atoms with E-state index in [2.05, 4.69) is 12.6 Å². The molecule has 0 aromatic carbocycles. The summed E-state index contributed by atoms with van der Waals surface area (Å²) < 4.78 is 10.4. The van der Waals surface area contributed by atoms with Crippen LogP contribution in [0.1, 0.15) is 33.6 Å². The molecular weight excluding hydrogens is 266 g/mol. The number of rotatable bonds is 3. The van der Waals surface area contributed by atoms with Gasteiger partial charge in [0.05, 0.1) is 5.92 Å². The Balaban J connectivity index is 2.50. The quantitative estimate of drug-likeness (QED) is 0.638. The largest absolute Gasteiger partial charge is 0.465 e. The van der Waals surface area contributed by atoms with Gasteiger partial charge in [-0.15, -0.1) is 0 Å². The predicted octanol–water partition coefficient (Wildman–Crippen LogP) is 2.11. The number of amides is 1. The number of likely N-dealkylation sites (tertiary alicyclic amines) is 1. The van der Waals surface area contributed by atoms with Crippen LogP contribution < -0.4 is 0 Å². The fraction of sp³-hybridized carbons (Fsp3) is 0.846. The van der Waals surface area contributed by atoms with Crippen molar-refractivity contribution < 1.29 is 19.1 Å². The van der Waals surface area contributed by atoms with Crippen molar-refractivity contribution in [3.63, 3.8) is 0 Å². The summed E-state index contributed by atoms with van der Waals surface area (Å²) in [6.45, 7) is 6.80. The van der Waals surface area contributed by atoms with Gasteiger partial charge in [-0.2, -0.15) is 12.6 Å². The van der Waals surface area contributed by atoms with E-state index in [-0.39, 0.29) is 18.0 Å². The van der Waals surface area contributed by atoms with E-state index in [4.69, 9.17) is 9.47 Å². The van der Waals surface area contributed by atoms with Gasteiger partial charge in [0.25, 0.3) is 0 Å². The number of carbonyl (C=O) groups is 2. The number of hydrogen-bond acceptors (Lipinski definition) is 5. The molecule has 1 amide bonds. The van der Waals surface area contributed by atoms with Gasteiger partial charge in [0.15, 0.2) is 0 Å². The first-order valence-corrected chi connectivity index (χ1v) is 7.22. The van der Waals surface area contributed by atoms with Gasteiger partial charge in [-0.05, 0) is 33.6 Å². The number of carbonyl (C=O) groups excluding carboxylic acids is 2. The molecule has 0 aromatic rings. The fourth-order valence-corrected chi connectivity index (χ4v) is 2.02. The highest BCUT2D eigenvalue weighted by atomic mass is 32.1. The van der Waals surface area contributed by atoms with Crippen LogP contribution >= 0.6 is 12.6 Å². The van der Waals surface area contributed by atoms with Crippen molar-refractivity contribution >= 4 is 24.7 Å². The lowest BCUT2D eigenvalue weighted by Crippen LogP contribution is -2.45. The van der Waals surface area contributed by atoms with Crippen LogP contribution in [-0.2, 0) is 14.3 Å². The van der Waals surface area contributed by atoms with Gasteiger partial charge >= 0.3 is 12.1 Å². The summed E-state index contributed by atoms with van der Waals surface area (Å²) >= 11 is 3.99. The van der Waals surface area contributed by atoms with Gasteiger partial charge < -0.3 is 14.4 Å². The third-order valence-electron chi connectivity index (χ3n) is 2.74. The Kier molecular flexibility index (Phi) is 5.97. The van der Waals surface area contributed by atoms with Gasteiger partial charge in [0.1, 0.15) is 12.2 Å².